The van der Waals surface area contributed by atoms with Crippen molar-refractivity contribution in [1.82, 2.24) is 14.7 Å². The van der Waals surface area contributed by atoms with Gasteiger partial charge in [0.1, 0.15) is 0 Å². The van der Waals surface area contributed by atoms with Crippen LogP contribution in [0.5, 0.6) is 0 Å². The molecule has 150 valence electrons. The molecule has 11 heteroatoms. The van der Waals surface area contributed by atoms with Crippen LogP contribution >= 0.6 is 0 Å². The molecule has 0 unspecified atom stereocenters. The van der Waals surface area contributed by atoms with E-state index in [9.17, 15) is 28.1 Å². The predicted octanol–water partition coefficient (Wildman–Crippen LogP) is 1.16. The van der Waals surface area contributed by atoms with Crippen molar-refractivity contribution in [3.05, 3.63) is 51.8 Å². The van der Waals surface area contributed by atoms with E-state index in [1.54, 1.807) is 0 Å². The van der Waals surface area contributed by atoms with Crippen LogP contribution in [-0.4, -0.2) is 58.2 Å². The summed E-state index contributed by atoms with van der Waals surface area (Å²) in [7, 11) is 0. The van der Waals surface area contributed by atoms with Crippen LogP contribution in [0.4, 0.5) is 18.9 Å². The molecule has 1 N–H and O–H groups in total. The Morgan fingerprint density at radius 1 is 1.25 bits per heavy atom. The van der Waals surface area contributed by atoms with Gasteiger partial charge < -0.3 is 9.80 Å². The fraction of sp³-hybridized carbons (Fsp3) is 0.412. The van der Waals surface area contributed by atoms with Crippen molar-refractivity contribution in [3.63, 3.8) is 0 Å². The molecular formula is C17H19F3N5O3+. The Kier molecular flexibility index (Phi) is 5.36. The zero-order valence-corrected chi connectivity index (χ0v) is 15.1. The fourth-order valence-electron chi connectivity index (χ4n) is 3.24. The van der Waals surface area contributed by atoms with Crippen LogP contribution in [0.3, 0.4) is 0 Å². The Morgan fingerprint density at radius 3 is 2.36 bits per heavy atom. The van der Waals surface area contributed by atoms with E-state index < -0.39 is 28.3 Å². The number of quaternary nitrogens is 1. The number of amides is 1. The molecule has 0 saturated carbocycles. The van der Waals surface area contributed by atoms with E-state index in [-0.39, 0.29) is 11.4 Å². The van der Waals surface area contributed by atoms with E-state index >= 15 is 0 Å². The highest BCUT2D eigenvalue weighted by Gasteiger charge is 2.42. The number of nitrogens with one attached hydrogen (secondary N) is 1. The minimum absolute atomic E-state index is 0.0165. The summed E-state index contributed by atoms with van der Waals surface area (Å²) in [4.78, 5) is 25.5. The number of nitrogens with zero attached hydrogens (tertiary/aromatic N) is 4. The third kappa shape index (κ3) is 3.84. The number of likely N-dealkylation sites (N-methyl/N-ethyl adjacent to an activating group) is 1. The first kappa shape index (κ1) is 19.8. The standard InChI is InChI=1S/C17H18F3N5O3/c1-2-22-7-9-23(10-8-22)16(26)14-11-21-24(15(14)17(18,19)20)12-3-5-13(6-4-12)25(27)28/h3-6,11H,2,7-10H2,1H3/p+1. The van der Waals surface area contributed by atoms with Gasteiger partial charge in [-0.05, 0) is 19.1 Å². The van der Waals surface area contributed by atoms with Crippen molar-refractivity contribution < 1.29 is 27.8 Å². The molecule has 3 rings (SSSR count). The largest absolute Gasteiger partial charge is 0.434 e. The number of halogens is 3. The Hall–Kier alpha value is -2.95. The fourth-order valence-corrected chi connectivity index (χ4v) is 3.24. The topological polar surface area (TPSA) is 85.7 Å². The third-order valence-electron chi connectivity index (χ3n) is 4.83. The zero-order valence-electron chi connectivity index (χ0n) is 15.1. The number of nitro benzene ring substituents is 1. The lowest BCUT2D eigenvalue weighted by Crippen LogP contribution is -3.14. The number of piperazine rings is 1. The average Bonchev–Trinajstić information content (AvgIpc) is 3.13. The molecular weight excluding hydrogens is 379 g/mol. The van der Waals surface area contributed by atoms with Crippen LogP contribution in [0.2, 0.25) is 0 Å². The maximum atomic E-state index is 13.7. The van der Waals surface area contributed by atoms with Crippen molar-refractivity contribution >= 4 is 11.6 Å². The molecule has 8 nitrogen and oxygen atoms in total. The molecule has 1 amide bonds. The van der Waals surface area contributed by atoms with E-state index in [1.165, 1.54) is 9.80 Å². The van der Waals surface area contributed by atoms with Crippen molar-refractivity contribution in [2.75, 3.05) is 32.7 Å². The summed E-state index contributed by atoms with van der Waals surface area (Å²) in [5.74, 6) is -0.712. The quantitative estimate of drug-likeness (QED) is 0.619. The third-order valence-corrected chi connectivity index (χ3v) is 4.83. The molecule has 0 radical (unpaired) electrons. The van der Waals surface area contributed by atoms with Gasteiger partial charge in [0.25, 0.3) is 11.6 Å². The van der Waals surface area contributed by atoms with E-state index in [0.717, 1.165) is 37.0 Å². The molecule has 0 atom stereocenters. The number of aromatic nitrogens is 2. The number of alkyl halides is 3. The number of nitro groups is 1. The molecule has 28 heavy (non-hydrogen) atoms. The molecule has 1 aromatic heterocycles. The van der Waals surface area contributed by atoms with Crippen molar-refractivity contribution in [2.24, 2.45) is 0 Å². The molecule has 1 aromatic carbocycles. The summed E-state index contributed by atoms with van der Waals surface area (Å²) in [6, 6.07) is 4.51. The molecule has 1 fully saturated rings. The Bertz CT molecular complexity index is 871. The number of carbonyl (C=O) groups is 1. The van der Waals surface area contributed by atoms with E-state index in [4.69, 9.17) is 0 Å². The molecule has 1 aliphatic heterocycles. The molecule has 0 spiro atoms. The molecule has 2 aromatic rings. The summed E-state index contributed by atoms with van der Waals surface area (Å²) in [6.07, 6.45) is -3.91. The van der Waals surface area contributed by atoms with E-state index in [2.05, 4.69) is 5.10 Å². The van der Waals surface area contributed by atoms with Crippen LogP contribution < -0.4 is 4.90 Å². The van der Waals surface area contributed by atoms with Gasteiger partial charge in [-0.15, -0.1) is 0 Å². The predicted molar refractivity (Wildman–Crippen MR) is 92.4 cm³/mol. The summed E-state index contributed by atoms with van der Waals surface area (Å²) in [5.41, 5.74) is -1.98. The second-order valence-corrected chi connectivity index (χ2v) is 6.49. The summed E-state index contributed by atoms with van der Waals surface area (Å²) in [6.45, 7) is 5.03. The number of non-ortho nitro benzene ring substituents is 1. The number of hydrogen-bond donors (Lipinski definition) is 1. The number of carbonyl (C=O) groups excluding carboxylic acids is 1. The Balaban J connectivity index is 1.95. The number of hydrogen-bond acceptors (Lipinski definition) is 4. The van der Waals surface area contributed by atoms with Gasteiger partial charge in [0, 0.05) is 12.1 Å². The first-order chi connectivity index (χ1) is 13.2. The zero-order chi connectivity index (χ0) is 20.5. The lowest BCUT2D eigenvalue weighted by Gasteiger charge is -2.31. The van der Waals surface area contributed by atoms with Crippen LogP contribution in [0, 0.1) is 10.1 Å². The van der Waals surface area contributed by atoms with Crippen molar-refractivity contribution in [1.29, 1.82) is 0 Å². The monoisotopic (exact) mass is 398 g/mol. The van der Waals surface area contributed by atoms with Gasteiger partial charge in [0.05, 0.1) is 55.1 Å². The van der Waals surface area contributed by atoms with Crippen molar-refractivity contribution in [3.8, 4) is 5.69 Å². The first-order valence-electron chi connectivity index (χ1n) is 8.75. The maximum Gasteiger partial charge on any atom is 0.434 e. The SMILES string of the molecule is CC[NH+]1CCN(C(=O)c2cnn(-c3ccc([N+](=O)[O-])cc3)c2C(F)(F)F)CC1. The van der Waals surface area contributed by atoms with Crippen LogP contribution in [0.1, 0.15) is 23.0 Å². The lowest BCUT2D eigenvalue weighted by molar-refractivity contribution is -0.902. The van der Waals surface area contributed by atoms with E-state index in [0.29, 0.717) is 30.9 Å². The minimum atomic E-state index is -4.82. The van der Waals surface area contributed by atoms with Gasteiger partial charge in [-0.3, -0.25) is 14.9 Å². The molecule has 0 aliphatic carbocycles. The van der Waals surface area contributed by atoms with Gasteiger partial charge in [0.15, 0.2) is 5.69 Å². The molecule has 2 heterocycles. The lowest BCUT2D eigenvalue weighted by atomic mass is 10.1. The Morgan fingerprint density at radius 2 is 1.86 bits per heavy atom. The van der Waals surface area contributed by atoms with Gasteiger partial charge >= 0.3 is 6.18 Å². The highest BCUT2D eigenvalue weighted by molar-refractivity contribution is 5.95. The van der Waals surface area contributed by atoms with Crippen LogP contribution in [-0.2, 0) is 6.18 Å². The van der Waals surface area contributed by atoms with Crippen molar-refractivity contribution in [2.45, 2.75) is 13.1 Å². The first-order valence-corrected chi connectivity index (χ1v) is 8.75. The molecule has 1 saturated heterocycles. The van der Waals surface area contributed by atoms with Gasteiger partial charge in [0.2, 0.25) is 0 Å². The van der Waals surface area contributed by atoms with Crippen LogP contribution in [0.25, 0.3) is 5.69 Å². The molecule has 1 aliphatic rings. The summed E-state index contributed by atoms with van der Waals surface area (Å²) in [5, 5.41) is 14.5. The smallest absolute Gasteiger partial charge is 0.332 e. The maximum absolute atomic E-state index is 13.7. The highest BCUT2D eigenvalue weighted by Crippen LogP contribution is 2.34. The number of rotatable bonds is 4. The molecule has 0 bridgehead atoms. The second kappa shape index (κ2) is 7.58. The highest BCUT2D eigenvalue weighted by atomic mass is 19.4. The van der Waals surface area contributed by atoms with Gasteiger partial charge in [-0.1, -0.05) is 0 Å². The van der Waals surface area contributed by atoms with Crippen LogP contribution in [0.15, 0.2) is 30.5 Å². The van der Waals surface area contributed by atoms with Gasteiger partial charge in [-0.25, -0.2) is 4.68 Å². The van der Waals surface area contributed by atoms with Gasteiger partial charge in [-0.2, -0.15) is 18.3 Å². The average molecular weight is 398 g/mol. The Labute approximate surface area is 158 Å². The normalized spacial score (nSPS) is 15.6. The van der Waals surface area contributed by atoms with E-state index in [1.807, 2.05) is 6.92 Å². The number of benzene rings is 1. The minimum Gasteiger partial charge on any atom is -0.332 e. The second-order valence-electron chi connectivity index (χ2n) is 6.49. The summed E-state index contributed by atoms with van der Waals surface area (Å²) >= 11 is 0. The summed E-state index contributed by atoms with van der Waals surface area (Å²) < 4.78 is 41.8.